The molecule has 9 aromatic carbocycles. The first-order valence-electron chi connectivity index (χ1n) is 20.9. The van der Waals surface area contributed by atoms with Crippen molar-refractivity contribution in [2.24, 2.45) is 0 Å². The molecule has 3 heterocycles. The highest BCUT2D eigenvalue weighted by molar-refractivity contribution is 7.26. The summed E-state index contributed by atoms with van der Waals surface area (Å²) in [5.74, 6) is 1.83. The van der Waals surface area contributed by atoms with Crippen LogP contribution >= 0.6 is 11.3 Å². The van der Waals surface area contributed by atoms with Gasteiger partial charge in [-0.1, -0.05) is 188 Å². The average molecular weight is 809 g/mol. The van der Waals surface area contributed by atoms with Gasteiger partial charge in [0.05, 0.1) is 22.3 Å². The fraction of sp³-hybridized carbons (Fsp3) is 0. The average Bonchev–Trinajstić information content (AvgIpc) is 3.90. The van der Waals surface area contributed by atoms with E-state index in [2.05, 4.69) is 205 Å². The smallest absolute Gasteiger partial charge is 0.166 e. The van der Waals surface area contributed by atoms with Crippen molar-refractivity contribution in [2.75, 3.05) is 0 Å². The lowest BCUT2D eigenvalue weighted by molar-refractivity contribution is 1.07. The number of rotatable bonds is 7. The van der Waals surface area contributed by atoms with Crippen LogP contribution in [0.3, 0.4) is 0 Å². The first kappa shape index (κ1) is 35.9. The van der Waals surface area contributed by atoms with Gasteiger partial charge >= 0.3 is 0 Å². The molecule has 0 amide bonds. The summed E-state index contributed by atoms with van der Waals surface area (Å²) in [6.45, 7) is 0. The van der Waals surface area contributed by atoms with Gasteiger partial charge in [0, 0.05) is 42.1 Å². The van der Waals surface area contributed by atoms with E-state index < -0.39 is 0 Å². The van der Waals surface area contributed by atoms with Crippen molar-refractivity contribution in [2.45, 2.75) is 0 Å². The van der Waals surface area contributed by atoms with Crippen LogP contribution < -0.4 is 0 Å². The van der Waals surface area contributed by atoms with Gasteiger partial charge in [-0.2, -0.15) is 0 Å². The predicted molar refractivity (Wildman–Crippen MR) is 260 cm³/mol. The Morgan fingerprint density at radius 2 is 0.806 bits per heavy atom. The summed E-state index contributed by atoms with van der Waals surface area (Å²) < 4.78 is 4.98. The van der Waals surface area contributed by atoms with Crippen molar-refractivity contribution in [3.8, 4) is 73.2 Å². The second kappa shape index (κ2) is 14.9. The zero-order chi connectivity index (χ0) is 41.0. The lowest BCUT2D eigenvalue weighted by atomic mass is 9.92. The second-order valence-electron chi connectivity index (χ2n) is 15.5. The maximum atomic E-state index is 5.47. The van der Waals surface area contributed by atoms with Crippen molar-refractivity contribution in [1.29, 1.82) is 0 Å². The zero-order valence-corrected chi connectivity index (χ0v) is 34.3. The standard InChI is InChI=1S/C57H36N4S/c1-4-17-37(18-5-1)42-35-48(38-19-6-2-7-20-38)53(51(36-42)61-49-28-13-10-23-44(49)45-24-11-14-29-50(45)61)57-59-55(40-21-8-3-9-22-40)58-56(60-57)41-33-31-39(32-34-41)43-26-16-27-47-46-25-12-15-30-52(46)62-54(43)47/h1-36H. The van der Waals surface area contributed by atoms with Crippen LogP contribution in [0.25, 0.3) is 115 Å². The Balaban J connectivity index is 1.13. The molecule has 12 rings (SSSR count). The van der Waals surface area contributed by atoms with Gasteiger partial charge in [-0.05, 0) is 63.7 Å². The highest BCUT2D eigenvalue weighted by Gasteiger charge is 2.24. The fourth-order valence-electron chi connectivity index (χ4n) is 8.97. The van der Waals surface area contributed by atoms with Gasteiger partial charge in [-0.3, -0.25) is 0 Å². The Bertz CT molecular complexity index is 3560. The molecule has 5 heteroatoms. The molecule has 0 aliphatic rings. The van der Waals surface area contributed by atoms with Crippen molar-refractivity contribution >= 4 is 53.3 Å². The Morgan fingerprint density at radius 1 is 0.323 bits per heavy atom. The van der Waals surface area contributed by atoms with Gasteiger partial charge in [0.25, 0.3) is 0 Å². The third-order valence-electron chi connectivity index (χ3n) is 11.9. The molecule has 4 nitrogen and oxygen atoms in total. The predicted octanol–water partition coefficient (Wildman–Crippen LogP) is 15.3. The first-order valence-corrected chi connectivity index (χ1v) is 21.7. The van der Waals surface area contributed by atoms with Gasteiger partial charge in [0.15, 0.2) is 17.5 Å². The molecule has 0 spiro atoms. The summed E-state index contributed by atoms with van der Waals surface area (Å²) in [7, 11) is 0. The molecule has 0 saturated heterocycles. The molecule has 0 unspecified atom stereocenters. The minimum absolute atomic E-state index is 0.600. The van der Waals surface area contributed by atoms with Crippen LogP contribution in [0.2, 0.25) is 0 Å². The van der Waals surface area contributed by atoms with Gasteiger partial charge in [-0.25, -0.2) is 15.0 Å². The summed E-state index contributed by atoms with van der Waals surface area (Å²) in [5, 5.41) is 4.96. The summed E-state index contributed by atoms with van der Waals surface area (Å²) in [6.07, 6.45) is 0. The highest BCUT2D eigenvalue weighted by Crippen LogP contribution is 2.44. The van der Waals surface area contributed by atoms with E-state index in [-0.39, 0.29) is 0 Å². The Labute approximate surface area is 362 Å². The maximum absolute atomic E-state index is 5.47. The number of benzene rings is 9. The zero-order valence-electron chi connectivity index (χ0n) is 33.5. The highest BCUT2D eigenvalue weighted by atomic mass is 32.1. The number of hydrogen-bond donors (Lipinski definition) is 0. The second-order valence-corrected chi connectivity index (χ2v) is 16.6. The van der Waals surface area contributed by atoms with E-state index in [1.165, 1.54) is 36.5 Å². The minimum atomic E-state index is 0.600. The quantitative estimate of drug-likeness (QED) is 0.161. The van der Waals surface area contributed by atoms with Gasteiger partial charge < -0.3 is 4.57 Å². The van der Waals surface area contributed by atoms with Crippen LogP contribution in [0.1, 0.15) is 0 Å². The van der Waals surface area contributed by atoms with E-state index in [0.29, 0.717) is 17.5 Å². The summed E-state index contributed by atoms with van der Waals surface area (Å²) in [6, 6.07) is 77.4. The lowest BCUT2D eigenvalue weighted by Gasteiger charge is -2.20. The molecule has 0 radical (unpaired) electrons. The summed E-state index contributed by atoms with van der Waals surface area (Å²) in [4.78, 5) is 16.1. The molecule has 290 valence electrons. The van der Waals surface area contributed by atoms with Gasteiger partial charge in [0.2, 0.25) is 0 Å². The van der Waals surface area contributed by atoms with Crippen molar-refractivity contribution in [1.82, 2.24) is 19.5 Å². The molecule has 0 fully saturated rings. The minimum Gasteiger partial charge on any atom is -0.308 e. The molecule has 0 atom stereocenters. The van der Waals surface area contributed by atoms with Crippen LogP contribution in [0.5, 0.6) is 0 Å². The molecular formula is C57H36N4S. The van der Waals surface area contributed by atoms with Crippen molar-refractivity contribution in [3.63, 3.8) is 0 Å². The Hall–Kier alpha value is -7.99. The molecule has 0 aliphatic carbocycles. The Morgan fingerprint density at radius 3 is 1.47 bits per heavy atom. The van der Waals surface area contributed by atoms with E-state index >= 15 is 0 Å². The third kappa shape index (κ3) is 6.09. The lowest BCUT2D eigenvalue weighted by Crippen LogP contribution is -2.06. The van der Waals surface area contributed by atoms with E-state index in [1.807, 2.05) is 29.5 Å². The van der Waals surface area contributed by atoms with E-state index in [0.717, 1.165) is 61.2 Å². The van der Waals surface area contributed by atoms with E-state index in [9.17, 15) is 0 Å². The molecule has 3 aromatic heterocycles. The van der Waals surface area contributed by atoms with Crippen LogP contribution in [0.15, 0.2) is 218 Å². The van der Waals surface area contributed by atoms with Crippen LogP contribution in [-0.4, -0.2) is 19.5 Å². The van der Waals surface area contributed by atoms with Crippen molar-refractivity contribution < 1.29 is 0 Å². The van der Waals surface area contributed by atoms with Crippen LogP contribution in [0, 0.1) is 0 Å². The topological polar surface area (TPSA) is 43.6 Å². The van der Waals surface area contributed by atoms with E-state index in [4.69, 9.17) is 15.0 Å². The number of para-hydroxylation sites is 2. The maximum Gasteiger partial charge on any atom is 0.166 e. The molecular weight excluding hydrogens is 773 g/mol. The number of nitrogens with zero attached hydrogens (tertiary/aromatic N) is 4. The van der Waals surface area contributed by atoms with Crippen LogP contribution in [-0.2, 0) is 0 Å². The number of fused-ring (bicyclic) bond motifs is 6. The molecule has 0 bridgehead atoms. The van der Waals surface area contributed by atoms with Crippen LogP contribution in [0.4, 0.5) is 0 Å². The first-order chi connectivity index (χ1) is 30.7. The largest absolute Gasteiger partial charge is 0.308 e. The van der Waals surface area contributed by atoms with Crippen molar-refractivity contribution in [3.05, 3.63) is 218 Å². The molecule has 12 aromatic rings. The fourth-order valence-corrected chi connectivity index (χ4v) is 10.2. The Kier molecular flexibility index (Phi) is 8.65. The number of thiophene rings is 1. The third-order valence-corrected chi connectivity index (χ3v) is 13.1. The normalized spacial score (nSPS) is 11.5. The number of aromatic nitrogens is 4. The van der Waals surface area contributed by atoms with Gasteiger partial charge in [0.1, 0.15) is 0 Å². The molecule has 0 saturated carbocycles. The summed E-state index contributed by atoms with van der Waals surface area (Å²) in [5.41, 5.74) is 12.7. The molecule has 0 aliphatic heterocycles. The van der Waals surface area contributed by atoms with E-state index in [1.54, 1.807) is 0 Å². The molecule has 62 heavy (non-hydrogen) atoms. The monoisotopic (exact) mass is 808 g/mol. The summed E-state index contributed by atoms with van der Waals surface area (Å²) >= 11 is 1.85. The van der Waals surface area contributed by atoms with Gasteiger partial charge in [-0.15, -0.1) is 11.3 Å². The SMILES string of the molecule is c1ccc(-c2cc(-c3ccccc3)c(-c3nc(-c4ccccc4)nc(-c4ccc(-c5cccc6c5sc5ccccc56)cc4)n3)c(-n3c4ccccc4c4ccccc43)c2)cc1. The number of hydrogen-bond acceptors (Lipinski definition) is 4. The molecule has 0 N–H and O–H groups in total.